The topological polar surface area (TPSA) is 86.5 Å². The van der Waals surface area contributed by atoms with Crippen molar-refractivity contribution in [2.75, 3.05) is 13.0 Å². The zero-order chi connectivity index (χ0) is 13.0. The lowest BCUT2D eigenvalue weighted by Crippen LogP contribution is -2.08. The first-order chi connectivity index (χ1) is 8.04. The largest absolute Gasteiger partial charge is 0.497 e. The van der Waals surface area contributed by atoms with Gasteiger partial charge in [-0.05, 0) is 12.1 Å². The number of alkyl halides is 1. The summed E-state index contributed by atoms with van der Waals surface area (Å²) in [6, 6.07) is 2.38. The van der Waals surface area contributed by atoms with Gasteiger partial charge in [0.25, 0.3) is 5.69 Å². The summed E-state index contributed by atoms with van der Waals surface area (Å²) < 4.78 is 4.85. The fourth-order valence-electron chi connectivity index (χ4n) is 1.33. The van der Waals surface area contributed by atoms with Crippen molar-refractivity contribution in [3.05, 3.63) is 33.4 Å². The van der Waals surface area contributed by atoms with Crippen LogP contribution in [0, 0.1) is 10.1 Å². The number of benzene rings is 1. The van der Waals surface area contributed by atoms with Crippen LogP contribution in [0.2, 0.25) is 0 Å². The molecule has 6 nitrogen and oxygen atoms in total. The number of ketones is 1. The van der Waals surface area contributed by atoms with Crippen LogP contribution in [0.3, 0.4) is 0 Å². The van der Waals surface area contributed by atoms with Gasteiger partial charge in [0.1, 0.15) is 11.3 Å². The molecule has 0 aromatic heterocycles. The van der Waals surface area contributed by atoms with E-state index in [2.05, 4.69) is 0 Å². The van der Waals surface area contributed by atoms with Crippen molar-refractivity contribution in [3.63, 3.8) is 0 Å². The van der Waals surface area contributed by atoms with E-state index >= 15 is 0 Å². The zero-order valence-electron chi connectivity index (χ0n) is 8.81. The van der Waals surface area contributed by atoms with E-state index in [1.165, 1.54) is 19.2 Å². The minimum Gasteiger partial charge on any atom is -0.497 e. The van der Waals surface area contributed by atoms with Gasteiger partial charge in [-0.2, -0.15) is 0 Å². The lowest BCUT2D eigenvalue weighted by Gasteiger charge is -2.06. The van der Waals surface area contributed by atoms with Crippen LogP contribution in [-0.4, -0.2) is 30.0 Å². The molecule has 0 N–H and O–H groups in total. The van der Waals surface area contributed by atoms with Crippen LogP contribution in [0.5, 0.6) is 5.75 Å². The number of nitrogens with zero attached hydrogens (tertiary/aromatic N) is 1. The summed E-state index contributed by atoms with van der Waals surface area (Å²) in [5, 5.41) is 10.8. The fourth-order valence-corrected chi connectivity index (χ4v) is 1.47. The lowest BCUT2D eigenvalue weighted by atomic mass is 10.0. The number of Topliss-reactive ketones (excluding diaryl/α,β-unsaturated/α-hetero) is 1. The molecule has 1 aromatic carbocycles. The summed E-state index contributed by atoms with van der Waals surface area (Å²) in [5.74, 6) is -0.863. The van der Waals surface area contributed by atoms with Crippen molar-refractivity contribution in [3.8, 4) is 5.75 Å². The summed E-state index contributed by atoms with van der Waals surface area (Å²) in [6.07, 6.45) is 0.297. The molecule has 1 aromatic rings. The molecule has 0 radical (unpaired) electrons. The van der Waals surface area contributed by atoms with Crippen LogP contribution in [-0.2, 0) is 0 Å². The maximum absolute atomic E-state index is 11.5. The number of aldehydes is 1. The third-order valence-corrected chi connectivity index (χ3v) is 2.32. The Morgan fingerprint density at radius 3 is 2.65 bits per heavy atom. The summed E-state index contributed by atoms with van der Waals surface area (Å²) in [7, 11) is 1.32. The minimum atomic E-state index is -0.789. The van der Waals surface area contributed by atoms with Crippen LogP contribution in [0.1, 0.15) is 20.7 Å². The lowest BCUT2D eigenvalue weighted by molar-refractivity contribution is -0.385. The molecule has 90 valence electrons. The Labute approximate surface area is 101 Å². The maximum atomic E-state index is 11.5. The molecular weight excluding hydrogens is 250 g/mol. The van der Waals surface area contributed by atoms with Gasteiger partial charge in [-0.1, -0.05) is 0 Å². The smallest absolute Gasteiger partial charge is 0.290 e. The van der Waals surface area contributed by atoms with Gasteiger partial charge in [0.15, 0.2) is 12.1 Å². The molecule has 0 aliphatic carbocycles. The van der Waals surface area contributed by atoms with Crippen molar-refractivity contribution in [2.45, 2.75) is 0 Å². The van der Waals surface area contributed by atoms with Crippen molar-refractivity contribution < 1.29 is 19.2 Å². The summed E-state index contributed by atoms with van der Waals surface area (Å²) in [5.41, 5.74) is -0.999. The first-order valence-electron chi connectivity index (χ1n) is 4.46. The first-order valence-corrected chi connectivity index (χ1v) is 4.99. The van der Waals surface area contributed by atoms with E-state index < -0.39 is 22.3 Å². The van der Waals surface area contributed by atoms with E-state index in [0.29, 0.717) is 6.29 Å². The number of halogens is 1. The van der Waals surface area contributed by atoms with Crippen LogP contribution >= 0.6 is 11.6 Å². The number of hydrogen-bond acceptors (Lipinski definition) is 5. The Hall–Kier alpha value is -1.95. The quantitative estimate of drug-likeness (QED) is 0.264. The van der Waals surface area contributed by atoms with Crippen molar-refractivity contribution >= 4 is 29.4 Å². The van der Waals surface area contributed by atoms with E-state index in [-0.39, 0.29) is 16.9 Å². The van der Waals surface area contributed by atoms with Crippen molar-refractivity contribution in [2.24, 2.45) is 0 Å². The molecule has 0 fully saturated rings. The van der Waals surface area contributed by atoms with Gasteiger partial charge in [0.05, 0.1) is 23.5 Å². The average molecular weight is 258 g/mol. The fraction of sp³-hybridized carbons (Fsp3) is 0.200. The molecule has 0 heterocycles. The summed E-state index contributed by atoms with van der Waals surface area (Å²) >= 11 is 5.35. The highest BCUT2D eigenvalue weighted by molar-refractivity contribution is 6.31. The Morgan fingerprint density at radius 1 is 1.59 bits per heavy atom. The monoisotopic (exact) mass is 257 g/mol. The Balaban J connectivity index is 3.57. The van der Waals surface area contributed by atoms with Gasteiger partial charge in [-0.25, -0.2) is 0 Å². The van der Waals surface area contributed by atoms with Crippen LogP contribution in [0.15, 0.2) is 12.1 Å². The van der Waals surface area contributed by atoms with Crippen LogP contribution < -0.4 is 4.74 Å². The Kier molecular flexibility index (Phi) is 4.17. The van der Waals surface area contributed by atoms with Crippen molar-refractivity contribution in [1.82, 2.24) is 0 Å². The van der Waals surface area contributed by atoms with Gasteiger partial charge >= 0.3 is 0 Å². The number of methoxy groups -OCH3 is 1. The number of carbonyl (C=O) groups excluding carboxylic acids is 2. The number of carbonyl (C=O) groups is 2. The second-order valence-corrected chi connectivity index (χ2v) is 3.31. The highest BCUT2D eigenvalue weighted by Gasteiger charge is 2.25. The maximum Gasteiger partial charge on any atom is 0.290 e. The summed E-state index contributed by atoms with van der Waals surface area (Å²) in [6.45, 7) is 0. The molecule has 0 amide bonds. The molecule has 0 saturated carbocycles. The number of hydrogen-bond donors (Lipinski definition) is 0. The standard InChI is InChI=1S/C10H8ClNO5/c1-17-7-2-6(5-13)10(12(15)16)8(3-7)9(14)4-11/h2-3,5H,4H2,1H3. The molecule has 0 aliphatic rings. The van der Waals surface area contributed by atoms with Gasteiger partial charge in [-0.15, -0.1) is 11.6 Å². The number of ether oxygens (including phenoxy) is 1. The third kappa shape index (κ3) is 2.59. The predicted octanol–water partition coefficient (Wildman–Crippen LogP) is 1.84. The van der Waals surface area contributed by atoms with E-state index in [0.717, 1.165) is 0 Å². The number of rotatable bonds is 5. The average Bonchev–Trinajstić information content (AvgIpc) is 2.35. The van der Waals surface area contributed by atoms with Gasteiger partial charge in [-0.3, -0.25) is 19.7 Å². The SMILES string of the molecule is COc1cc(C=O)c([N+](=O)[O-])c(C(=O)CCl)c1. The molecular formula is C10H8ClNO5. The van der Waals surface area contributed by atoms with Gasteiger partial charge in [0, 0.05) is 0 Å². The molecule has 0 atom stereocenters. The van der Waals surface area contributed by atoms with Crippen LogP contribution in [0.4, 0.5) is 5.69 Å². The van der Waals surface area contributed by atoms with Gasteiger partial charge < -0.3 is 4.74 Å². The van der Waals surface area contributed by atoms with E-state index in [9.17, 15) is 19.7 Å². The molecule has 17 heavy (non-hydrogen) atoms. The first kappa shape index (κ1) is 13.1. The van der Waals surface area contributed by atoms with Crippen LogP contribution in [0.25, 0.3) is 0 Å². The van der Waals surface area contributed by atoms with E-state index in [1.807, 2.05) is 0 Å². The Morgan fingerprint density at radius 2 is 2.24 bits per heavy atom. The second-order valence-electron chi connectivity index (χ2n) is 3.04. The molecule has 0 saturated heterocycles. The molecule has 0 unspecified atom stereocenters. The summed E-state index contributed by atoms with van der Waals surface area (Å²) in [4.78, 5) is 32.3. The van der Waals surface area contributed by atoms with Crippen molar-refractivity contribution in [1.29, 1.82) is 0 Å². The van der Waals surface area contributed by atoms with E-state index in [1.54, 1.807) is 0 Å². The molecule has 7 heteroatoms. The molecule has 1 rings (SSSR count). The normalized spacial score (nSPS) is 9.76. The second kappa shape index (κ2) is 5.40. The highest BCUT2D eigenvalue weighted by Crippen LogP contribution is 2.28. The van der Waals surface area contributed by atoms with Gasteiger partial charge in [0.2, 0.25) is 0 Å². The molecule has 0 spiro atoms. The third-order valence-electron chi connectivity index (χ3n) is 2.08. The van der Waals surface area contributed by atoms with E-state index in [4.69, 9.17) is 16.3 Å². The number of nitro groups is 1. The Bertz CT molecular complexity index is 486. The predicted molar refractivity (Wildman–Crippen MR) is 60.1 cm³/mol. The minimum absolute atomic E-state index is 0.186. The number of nitro benzene ring substituents is 1. The molecule has 0 aliphatic heterocycles. The zero-order valence-corrected chi connectivity index (χ0v) is 9.56. The highest BCUT2D eigenvalue weighted by atomic mass is 35.5. The molecule has 0 bridgehead atoms.